The molecule has 0 aliphatic rings. The van der Waals surface area contributed by atoms with Gasteiger partial charge in [0.15, 0.2) is 0 Å². The van der Waals surface area contributed by atoms with E-state index in [2.05, 4.69) is 10.1 Å². The van der Waals surface area contributed by atoms with Crippen LogP contribution >= 0.6 is 0 Å². The Balaban J connectivity index is 2.69. The summed E-state index contributed by atoms with van der Waals surface area (Å²) in [4.78, 5) is 21.1. The standard InChI is InChI=1S/C12H14N2O4/c1-9-10(4-3-5-11(9)14(16)17)8-13-7-6-12(15)18-2/h3-7,13H,8H2,1-2H3/b7-6+. The van der Waals surface area contributed by atoms with Gasteiger partial charge in [-0.25, -0.2) is 4.79 Å². The van der Waals surface area contributed by atoms with E-state index in [0.717, 1.165) is 5.56 Å². The first kappa shape index (κ1) is 13.7. The zero-order valence-corrected chi connectivity index (χ0v) is 10.2. The maximum atomic E-state index is 10.8. The summed E-state index contributed by atoms with van der Waals surface area (Å²) in [6.07, 6.45) is 2.69. The highest BCUT2D eigenvalue weighted by atomic mass is 16.6. The first-order chi connectivity index (χ1) is 8.56. The lowest BCUT2D eigenvalue weighted by Crippen LogP contribution is -2.08. The van der Waals surface area contributed by atoms with Crippen molar-refractivity contribution in [3.05, 3.63) is 51.7 Å². The molecule has 0 radical (unpaired) electrons. The van der Waals surface area contributed by atoms with E-state index in [1.165, 1.54) is 25.5 Å². The number of nitrogens with zero attached hydrogens (tertiary/aromatic N) is 1. The highest BCUT2D eigenvalue weighted by Gasteiger charge is 2.12. The van der Waals surface area contributed by atoms with Gasteiger partial charge in [0, 0.05) is 30.5 Å². The predicted molar refractivity (Wildman–Crippen MR) is 65.8 cm³/mol. The number of esters is 1. The normalized spacial score (nSPS) is 10.3. The molecule has 0 atom stereocenters. The summed E-state index contributed by atoms with van der Waals surface area (Å²) in [5, 5.41) is 13.6. The maximum Gasteiger partial charge on any atom is 0.331 e. The van der Waals surface area contributed by atoms with Gasteiger partial charge in [-0.1, -0.05) is 12.1 Å². The van der Waals surface area contributed by atoms with Gasteiger partial charge in [-0.3, -0.25) is 10.1 Å². The van der Waals surface area contributed by atoms with Crippen molar-refractivity contribution >= 4 is 11.7 Å². The molecule has 1 N–H and O–H groups in total. The van der Waals surface area contributed by atoms with Crippen molar-refractivity contribution in [1.29, 1.82) is 0 Å². The van der Waals surface area contributed by atoms with Crippen LogP contribution in [0, 0.1) is 17.0 Å². The van der Waals surface area contributed by atoms with E-state index < -0.39 is 10.9 Å². The molecular weight excluding hydrogens is 236 g/mol. The molecular formula is C12H14N2O4. The minimum atomic E-state index is -0.460. The average molecular weight is 250 g/mol. The second-order valence-corrected chi connectivity index (χ2v) is 3.56. The molecule has 6 nitrogen and oxygen atoms in total. The van der Waals surface area contributed by atoms with Gasteiger partial charge in [-0.15, -0.1) is 0 Å². The Hall–Kier alpha value is -2.37. The van der Waals surface area contributed by atoms with Crippen molar-refractivity contribution in [2.75, 3.05) is 7.11 Å². The molecule has 0 saturated carbocycles. The van der Waals surface area contributed by atoms with Crippen molar-refractivity contribution in [3.63, 3.8) is 0 Å². The van der Waals surface area contributed by atoms with Crippen molar-refractivity contribution in [2.45, 2.75) is 13.5 Å². The highest BCUT2D eigenvalue weighted by molar-refractivity contribution is 5.81. The molecule has 0 aliphatic heterocycles. The van der Waals surface area contributed by atoms with Crippen LogP contribution in [0.3, 0.4) is 0 Å². The van der Waals surface area contributed by atoms with Gasteiger partial charge in [0.2, 0.25) is 0 Å². The number of hydrogen-bond donors (Lipinski definition) is 1. The zero-order chi connectivity index (χ0) is 13.5. The van der Waals surface area contributed by atoms with Crippen molar-refractivity contribution in [1.82, 2.24) is 5.32 Å². The van der Waals surface area contributed by atoms with E-state index in [0.29, 0.717) is 12.1 Å². The van der Waals surface area contributed by atoms with Crippen LogP contribution < -0.4 is 5.32 Å². The van der Waals surface area contributed by atoms with Crippen LogP contribution in [-0.2, 0) is 16.1 Å². The molecule has 1 aromatic rings. The maximum absolute atomic E-state index is 10.8. The van der Waals surface area contributed by atoms with E-state index >= 15 is 0 Å². The molecule has 1 rings (SSSR count). The molecule has 6 heteroatoms. The molecule has 18 heavy (non-hydrogen) atoms. The molecule has 0 unspecified atom stereocenters. The summed E-state index contributed by atoms with van der Waals surface area (Å²) in [5.74, 6) is -0.460. The number of nitro benzene ring substituents is 1. The van der Waals surface area contributed by atoms with Crippen LogP contribution in [0.5, 0.6) is 0 Å². The third-order valence-electron chi connectivity index (χ3n) is 2.45. The Kier molecular flexibility index (Phi) is 4.86. The molecule has 0 saturated heterocycles. The highest BCUT2D eigenvalue weighted by Crippen LogP contribution is 2.20. The van der Waals surface area contributed by atoms with Gasteiger partial charge < -0.3 is 10.1 Å². The first-order valence-electron chi connectivity index (χ1n) is 5.27. The van der Waals surface area contributed by atoms with E-state index in [9.17, 15) is 14.9 Å². The SMILES string of the molecule is COC(=O)/C=C/NCc1cccc([N+](=O)[O-])c1C. The topological polar surface area (TPSA) is 81.5 Å². The second kappa shape index (κ2) is 6.39. The lowest BCUT2D eigenvalue weighted by Gasteiger charge is -2.05. The van der Waals surface area contributed by atoms with Gasteiger partial charge >= 0.3 is 5.97 Å². The summed E-state index contributed by atoms with van der Waals surface area (Å²) in [5.41, 5.74) is 1.51. The minimum absolute atomic E-state index is 0.0891. The molecule has 0 bridgehead atoms. The van der Waals surface area contributed by atoms with Crippen LogP contribution in [-0.4, -0.2) is 18.0 Å². The van der Waals surface area contributed by atoms with E-state index in [1.807, 2.05) is 0 Å². The summed E-state index contributed by atoms with van der Waals surface area (Å²) >= 11 is 0. The van der Waals surface area contributed by atoms with Crippen molar-refractivity contribution < 1.29 is 14.5 Å². The molecule has 96 valence electrons. The van der Waals surface area contributed by atoms with Gasteiger partial charge in [0.05, 0.1) is 12.0 Å². The lowest BCUT2D eigenvalue weighted by atomic mass is 10.1. The summed E-state index contributed by atoms with van der Waals surface area (Å²) in [6, 6.07) is 4.89. The number of carbonyl (C=O) groups is 1. The van der Waals surface area contributed by atoms with Gasteiger partial charge in [-0.2, -0.15) is 0 Å². The van der Waals surface area contributed by atoms with Gasteiger partial charge in [0.25, 0.3) is 5.69 Å². The van der Waals surface area contributed by atoms with Crippen LogP contribution in [0.1, 0.15) is 11.1 Å². The lowest BCUT2D eigenvalue weighted by molar-refractivity contribution is -0.385. The Labute approximate surface area is 104 Å². The Bertz CT molecular complexity index is 483. The number of rotatable bonds is 5. The molecule has 0 aliphatic carbocycles. The summed E-state index contributed by atoms with van der Waals surface area (Å²) < 4.78 is 4.42. The van der Waals surface area contributed by atoms with Gasteiger partial charge in [-0.05, 0) is 12.5 Å². The number of nitrogens with one attached hydrogen (secondary N) is 1. The van der Waals surface area contributed by atoms with Gasteiger partial charge in [0.1, 0.15) is 0 Å². The summed E-state index contributed by atoms with van der Waals surface area (Å²) in [7, 11) is 1.29. The van der Waals surface area contributed by atoms with Crippen LogP contribution in [0.2, 0.25) is 0 Å². The number of ether oxygens (including phenoxy) is 1. The van der Waals surface area contributed by atoms with Crippen LogP contribution in [0.4, 0.5) is 5.69 Å². The number of methoxy groups -OCH3 is 1. The largest absolute Gasteiger partial charge is 0.466 e. The van der Waals surface area contributed by atoms with Crippen molar-refractivity contribution in [3.8, 4) is 0 Å². The first-order valence-corrected chi connectivity index (χ1v) is 5.27. The summed E-state index contributed by atoms with van der Waals surface area (Å²) in [6.45, 7) is 2.10. The predicted octanol–water partition coefficient (Wildman–Crippen LogP) is 1.68. The second-order valence-electron chi connectivity index (χ2n) is 3.56. The molecule has 0 spiro atoms. The molecule has 0 aromatic heterocycles. The van der Waals surface area contributed by atoms with Crippen LogP contribution in [0.25, 0.3) is 0 Å². The van der Waals surface area contributed by atoms with E-state index in [4.69, 9.17) is 0 Å². The number of hydrogen-bond acceptors (Lipinski definition) is 5. The fourth-order valence-electron chi connectivity index (χ4n) is 1.42. The monoisotopic (exact) mass is 250 g/mol. The third kappa shape index (κ3) is 3.58. The van der Waals surface area contributed by atoms with E-state index in [1.54, 1.807) is 19.1 Å². The third-order valence-corrected chi connectivity index (χ3v) is 2.45. The number of benzene rings is 1. The van der Waals surface area contributed by atoms with Crippen molar-refractivity contribution in [2.24, 2.45) is 0 Å². The van der Waals surface area contributed by atoms with Crippen LogP contribution in [0.15, 0.2) is 30.5 Å². The fourth-order valence-corrected chi connectivity index (χ4v) is 1.42. The number of nitro groups is 1. The minimum Gasteiger partial charge on any atom is -0.466 e. The quantitative estimate of drug-likeness (QED) is 0.372. The smallest absolute Gasteiger partial charge is 0.331 e. The Morgan fingerprint density at radius 1 is 1.56 bits per heavy atom. The van der Waals surface area contributed by atoms with E-state index in [-0.39, 0.29) is 5.69 Å². The molecule has 1 aromatic carbocycles. The molecule has 0 fully saturated rings. The molecule has 0 amide bonds. The zero-order valence-electron chi connectivity index (χ0n) is 10.2. The number of carbonyl (C=O) groups excluding carboxylic acids is 1. The molecule has 0 heterocycles. The average Bonchev–Trinajstić information content (AvgIpc) is 2.35. The fraction of sp³-hybridized carbons (Fsp3) is 0.250. The Morgan fingerprint density at radius 3 is 2.89 bits per heavy atom. The Morgan fingerprint density at radius 2 is 2.28 bits per heavy atom.